The average molecular weight is 425 g/mol. The van der Waals surface area contributed by atoms with Crippen LogP contribution in [-0.4, -0.2) is 24.4 Å². The Labute approximate surface area is 187 Å². The smallest absolute Gasteiger partial charge is 0.407 e. The predicted molar refractivity (Wildman–Crippen MR) is 126 cm³/mol. The van der Waals surface area contributed by atoms with Crippen molar-refractivity contribution in [3.8, 4) is 23.0 Å². The summed E-state index contributed by atoms with van der Waals surface area (Å²) in [6.07, 6.45) is 0.0641. The molecular formula is C26H20N2O2S. The Morgan fingerprint density at radius 3 is 2.32 bits per heavy atom. The molecular weight excluding hydrogens is 404 g/mol. The average Bonchev–Trinajstić information content (AvgIpc) is 3.12. The molecule has 4 rings (SSSR count). The summed E-state index contributed by atoms with van der Waals surface area (Å²) in [5.41, 5.74) is 6.27. The number of aliphatic imine (C=N–C) groups is 1. The van der Waals surface area contributed by atoms with Gasteiger partial charge in [-0.15, -0.1) is 0 Å². The highest BCUT2D eigenvalue weighted by atomic mass is 32.1. The van der Waals surface area contributed by atoms with Crippen LogP contribution in [0.1, 0.15) is 29.0 Å². The molecule has 0 saturated carbocycles. The van der Waals surface area contributed by atoms with Crippen LogP contribution in [0.4, 0.5) is 10.5 Å². The molecule has 1 aliphatic rings. The zero-order valence-corrected chi connectivity index (χ0v) is 17.6. The molecule has 0 aromatic heterocycles. The van der Waals surface area contributed by atoms with E-state index in [0.717, 1.165) is 5.56 Å². The molecule has 0 atom stereocenters. The van der Waals surface area contributed by atoms with Crippen molar-refractivity contribution in [3.63, 3.8) is 0 Å². The summed E-state index contributed by atoms with van der Waals surface area (Å²) < 4.78 is 5.52. The summed E-state index contributed by atoms with van der Waals surface area (Å²) >= 11 is 4.66. The molecule has 3 aromatic carbocycles. The van der Waals surface area contributed by atoms with Crippen LogP contribution in [0.3, 0.4) is 0 Å². The number of nitrogens with one attached hydrogen (secondary N) is 1. The monoisotopic (exact) mass is 424 g/mol. The fourth-order valence-corrected chi connectivity index (χ4v) is 3.86. The number of fused-ring (bicyclic) bond motifs is 3. The molecule has 31 heavy (non-hydrogen) atoms. The van der Waals surface area contributed by atoms with Gasteiger partial charge in [0.05, 0.1) is 16.4 Å². The summed E-state index contributed by atoms with van der Waals surface area (Å²) in [7, 11) is 0. The predicted octanol–water partition coefficient (Wildman–Crippen LogP) is 5.70. The summed E-state index contributed by atoms with van der Waals surface area (Å²) in [6.45, 7) is 0.705. The number of carbonyl (C=O) groups excluding carboxylic acids is 1. The summed E-state index contributed by atoms with van der Waals surface area (Å²) in [5, 5.41) is 5.12. The highest BCUT2D eigenvalue weighted by Crippen LogP contribution is 2.44. The molecule has 0 fully saturated rings. The van der Waals surface area contributed by atoms with Crippen LogP contribution in [0.15, 0.2) is 77.8 Å². The van der Waals surface area contributed by atoms with Crippen molar-refractivity contribution in [2.45, 2.75) is 12.3 Å². The first kappa shape index (κ1) is 20.6. The van der Waals surface area contributed by atoms with E-state index in [1.54, 1.807) is 0 Å². The van der Waals surface area contributed by atoms with Crippen LogP contribution in [0.2, 0.25) is 0 Å². The van der Waals surface area contributed by atoms with Crippen LogP contribution in [0.5, 0.6) is 0 Å². The van der Waals surface area contributed by atoms with Crippen molar-refractivity contribution >= 4 is 29.2 Å². The molecule has 0 heterocycles. The normalized spacial score (nSPS) is 11.4. The maximum Gasteiger partial charge on any atom is 0.407 e. The third-order valence-electron chi connectivity index (χ3n) is 5.16. The van der Waals surface area contributed by atoms with Crippen molar-refractivity contribution in [2.75, 3.05) is 13.2 Å². The van der Waals surface area contributed by atoms with E-state index >= 15 is 0 Å². The first-order valence-electron chi connectivity index (χ1n) is 10.0. The number of thiocarbonyl (C=S) groups is 1. The second kappa shape index (κ2) is 9.86. The quantitative estimate of drug-likeness (QED) is 0.247. The number of nitrogens with zero attached hydrogens (tertiary/aromatic N) is 1. The van der Waals surface area contributed by atoms with Gasteiger partial charge >= 0.3 is 6.09 Å². The van der Waals surface area contributed by atoms with E-state index in [0.29, 0.717) is 25.3 Å². The van der Waals surface area contributed by atoms with E-state index in [-0.39, 0.29) is 5.92 Å². The van der Waals surface area contributed by atoms with Crippen LogP contribution in [0, 0.1) is 11.8 Å². The van der Waals surface area contributed by atoms with Crippen LogP contribution in [-0.2, 0) is 4.74 Å². The number of amides is 1. The fraction of sp³-hybridized carbons (Fsp3) is 0.154. The molecule has 4 nitrogen and oxygen atoms in total. The third kappa shape index (κ3) is 4.73. The number of carbonyl (C=O) groups is 1. The summed E-state index contributed by atoms with van der Waals surface area (Å²) in [6, 6.07) is 24.0. The highest BCUT2D eigenvalue weighted by Gasteiger charge is 2.28. The number of rotatable bonds is 5. The van der Waals surface area contributed by atoms with Gasteiger partial charge in [-0.05, 0) is 46.6 Å². The maximum absolute atomic E-state index is 12.2. The molecule has 0 unspecified atom stereocenters. The lowest BCUT2D eigenvalue weighted by Gasteiger charge is -2.14. The Bertz CT molecular complexity index is 1170. The number of hydrogen-bond donors (Lipinski definition) is 1. The number of ether oxygens (including phenoxy) is 1. The molecule has 0 saturated heterocycles. The Hall–Kier alpha value is -3.71. The van der Waals surface area contributed by atoms with Crippen LogP contribution < -0.4 is 5.32 Å². The van der Waals surface area contributed by atoms with Gasteiger partial charge < -0.3 is 10.1 Å². The molecule has 0 aliphatic heterocycles. The van der Waals surface area contributed by atoms with E-state index in [1.807, 2.05) is 48.5 Å². The van der Waals surface area contributed by atoms with Gasteiger partial charge in [0.1, 0.15) is 6.61 Å². The minimum Gasteiger partial charge on any atom is -0.449 e. The molecule has 5 heteroatoms. The van der Waals surface area contributed by atoms with Gasteiger partial charge in [-0.2, -0.15) is 4.99 Å². The SMILES string of the molecule is O=C(NCCC#Cc1ccccc1N=C=S)OCC1c2ccccc2-c2ccccc21. The van der Waals surface area contributed by atoms with Crippen molar-refractivity contribution < 1.29 is 9.53 Å². The fourth-order valence-electron chi connectivity index (χ4n) is 3.76. The van der Waals surface area contributed by atoms with Gasteiger partial charge in [-0.1, -0.05) is 72.5 Å². The van der Waals surface area contributed by atoms with E-state index < -0.39 is 6.09 Å². The Morgan fingerprint density at radius 2 is 1.61 bits per heavy atom. The summed E-state index contributed by atoms with van der Waals surface area (Å²) in [4.78, 5) is 16.2. The van der Waals surface area contributed by atoms with Crippen LogP contribution >= 0.6 is 12.2 Å². The first-order valence-corrected chi connectivity index (χ1v) is 10.4. The topological polar surface area (TPSA) is 50.7 Å². The molecule has 0 spiro atoms. The lowest BCUT2D eigenvalue weighted by Crippen LogP contribution is -2.26. The number of isothiocyanates is 1. The van der Waals surface area contributed by atoms with Crippen molar-refractivity contribution in [1.29, 1.82) is 0 Å². The lowest BCUT2D eigenvalue weighted by atomic mass is 9.98. The molecule has 3 aromatic rings. The van der Waals surface area contributed by atoms with Crippen molar-refractivity contribution in [3.05, 3.63) is 89.5 Å². The van der Waals surface area contributed by atoms with Gasteiger partial charge in [0, 0.05) is 18.9 Å². The third-order valence-corrected chi connectivity index (χ3v) is 5.25. The second-order valence-electron chi connectivity index (χ2n) is 7.02. The lowest BCUT2D eigenvalue weighted by molar-refractivity contribution is 0.143. The standard InChI is InChI=1S/C26H20N2O2S/c29-26(27-16-8-7-10-19-9-1-6-15-25(19)28-18-31)30-17-24-22-13-4-2-11-20(22)21-12-3-5-14-23(21)24/h1-6,9,11-15,24H,8,16-17H2,(H,27,29). The number of hydrogen-bond acceptors (Lipinski definition) is 4. The zero-order chi connectivity index (χ0) is 21.5. The van der Waals surface area contributed by atoms with Crippen LogP contribution in [0.25, 0.3) is 11.1 Å². The number of alkyl carbamates (subject to hydrolysis) is 1. The molecule has 0 bridgehead atoms. The Balaban J connectivity index is 1.30. The largest absolute Gasteiger partial charge is 0.449 e. The van der Waals surface area contributed by atoms with E-state index in [2.05, 4.69) is 63.8 Å². The van der Waals surface area contributed by atoms with Gasteiger partial charge in [-0.25, -0.2) is 4.79 Å². The Morgan fingerprint density at radius 1 is 0.968 bits per heavy atom. The minimum absolute atomic E-state index is 0.0520. The van der Waals surface area contributed by atoms with Crippen molar-refractivity contribution in [1.82, 2.24) is 5.32 Å². The maximum atomic E-state index is 12.2. The summed E-state index contributed by atoms with van der Waals surface area (Å²) in [5.74, 6) is 6.14. The van der Waals surface area contributed by atoms with Gasteiger partial charge in [-0.3, -0.25) is 0 Å². The zero-order valence-electron chi connectivity index (χ0n) is 16.8. The molecule has 152 valence electrons. The second-order valence-corrected chi connectivity index (χ2v) is 7.21. The van der Waals surface area contributed by atoms with Crippen molar-refractivity contribution in [2.24, 2.45) is 4.99 Å². The molecule has 1 aliphatic carbocycles. The molecule has 1 N–H and O–H groups in total. The minimum atomic E-state index is -0.436. The van der Waals surface area contributed by atoms with Gasteiger partial charge in [0.15, 0.2) is 0 Å². The highest BCUT2D eigenvalue weighted by molar-refractivity contribution is 7.78. The van der Waals surface area contributed by atoms with E-state index in [9.17, 15) is 4.79 Å². The van der Waals surface area contributed by atoms with E-state index in [4.69, 9.17) is 4.74 Å². The Kier molecular flexibility index (Phi) is 6.54. The number of para-hydroxylation sites is 1. The van der Waals surface area contributed by atoms with Gasteiger partial charge in [0.2, 0.25) is 0 Å². The first-order chi connectivity index (χ1) is 15.3. The van der Waals surface area contributed by atoms with E-state index in [1.165, 1.54) is 22.3 Å². The molecule has 1 amide bonds. The number of benzene rings is 3. The van der Waals surface area contributed by atoms with Gasteiger partial charge in [0.25, 0.3) is 0 Å². The molecule has 0 radical (unpaired) electrons.